The molecule has 0 aliphatic carbocycles. The molecule has 2 rings (SSSR count). The Balaban J connectivity index is 1.50. The maximum atomic E-state index is 11.3. The zero-order chi connectivity index (χ0) is 22.4. The van der Waals surface area contributed by atoms with Gasteiger partial charge in [-0.15, -0.1) is 0 Å². The van der Waals surface area contributed by atoms with Crippen molar-refractivity contribution >= 4 is 26.6 Å². The van der Waals surface area contributed by atoms with Gasteiger partial charge in [0, 0.05) is 12.2 Å². The minimum Gasteiger partial charge on any atom is -0.385 e. The molecule has 0 atom stereocenters. The van der Waals surface area contributed by atoms with Crippen LogP contribution >= 0.6 is 0 Å². The first kappa shape index (κ1) is 25.7. The zero-order valence-electron chi connectivity index (χ0n) is 19.2. The molecule has 4 nitrogen and oxygen atoms in total. The maximum absolute atomic E-state index is 11.3. The Morgan fingerprint density at radius 1 is 0.677 bits per heavy atom. The first-order chi connectivity index (χ1) is 15.0. The van der Waals surface area contributed by atoms with Crippen LogP contribution in [0.15, 0.2) is 41.3 Å². The standard InChI is InChI=1S/C26H41NO3S/c1-2-3-4-5-6-7-8-9-10-11-12-13-14-15-20-27-25-18-16-24-22-26(31(28,29)30)19-17-23(24)21-25/h16-19,21-22,27H,2-15,20H2,1H3,(H,28,29,30). The van der Waals surface area contributed by atoms with Crippen molar-refractivity contribution in [1.29, 1.82) is 0 Å². The van der Waals surface area contributed by atoms with Crippen molar-refractivity contribution in [1.82, 2.24) is 0 Å². The molecule has 31 heavy (non-hydrogen) atoms. The predicted molar refractivity (Wildman–Crippen MR) is 133 cm³/mol. The molecule has 0 aliphatic heterocycles. The van der Waals surface area contributed by atoms with Crippen molar-refractivity contribution < 1.29 is 13.0 Å². The van der Waals surface area contributed by atoms with Crippen molar-refractivity contribution in [3.05, 3.63) is 36.4 Å². The van der Waals surface area contributed by atoms with Gasteiger partial charge >= 0.3 is 0 Å². The molecule has 0 fully saturated rings. The molecule has 0 spiro atoms. The minimum absolute atomic E-state index is 0.0666. The predicted octanol–water partition coefficient (Wildman–Crippen LogP) is 7.98. The van der Waals surface area contributed by atoms with E-state index in [1.807, 2.05) is 18.2 Å². The van der Waals surface area contributed by atoms with Gasteiger partial charge in [-0.1, -0.05) is 103 Å². The number of fused-ring (bicyclic) bond motifs is 1. The molecular weight excluding hydrogens is 406 g/mol. The summed E-state index contributed by atoms with van der Waals surface area (Å²) in [6.07, 6.45) is 19.1. The van der Waals surface area contributed by atoms with E-state index < -0.39 is 10.1 Å². The number of anilines is 1. The summed E-state index contributed by atoms with van der Waals surface area (Å²) in [5, 5.41) is 5.22. The molecule has 0 saturated heterocycles. The van der Waals surface area contributed by atoms with Gasteiger partial charge in [-0.2, -0.15) is 8.42 Å². The fraction of sp³-hybridized carbons (Fsp3) is 0.615. The van der Waals surface area contributed by atoms with Crippen molar-refractivity contribution in [2.75, 3.05) is 11.9 Å². The Morgan fingerprint density at radius 3 is 1.71 bits per heavy atom. The highest BCUT2D eigenvalue weighted by molar-refractivity contribution is 7.85. The molecule has 0 saturated carbocycles. The second kappa shape index (κ2) is 14.5. The lowest BCUT2D eigenvalue weighted by atomic mass is 10.0. The average Bonchev–Trinajstić information content (AvgIpc) is 2.75. The van der Waals surface area contributed by atoms with Crippen molar-refractivity contribution in [2.24, 2.45) is 0 Å². The van der Waals surface area contributed by atoms with Crippen LogP contribution in [-0.4, -0.2) is 19.5 Å². The lowest BCUT2D eigenvalue weighted by Gasteiger charge is -2.08. The number of hydrogen-bond acceptors (Lipinski definition) is 3. The fourth-order valence-corrected chi connectivity index (χ4v) is 4.56. The monoisotopic (exact) mass is 447 g/mol. The van der Waals surface area contributed by atoms with Gasteiger partial charge < -0.3 is 5.32 Å². The Bertz CT molecular complexity index is 864. The Kier molecular flexibility index (Phi) is 12.0. The summed E-state index contributed by atoms with van der Waals surface area (Å²) in [4.78, 5) is -0.0666. The van der Waals surface area contributed by atoms with Crippen LogP contribution < -0.4 is 5.32 Å². The van der Waals surface area contributed by atoms with Gasteiger partial charge in [0.1, 0.15) is 0 Å². The van der Waals surface area contributed by atoms with E-state index in [2.05, 4.69) is 12.2 Å². The second-order valence-electron chi connectivity index (χ2n) is 8.72. The smallest absolute Gasteiger partial charge is 0.294 e. The second-order valence-corrected chi connectivity index (χ2v) is 10.1. The minimum atomic E-state index is -4.16. The highest BCUT2D eigenvalue weighted by atomic mass is 32.2. The summed E-state index contributed by atoms with van der Waals surface area (Å²) in [6, 6.07) is 10.5. The van der Waals surface area contributed by atoms with Gasteiger partial charge in [0.15, 0.2) is 0 Å². The Labute approximate surface area is 189 Å². The molecule has 174 valence electrons. The van der Waals surface area contributed by atoms with E-state index in [1.165, 1.54) is 95.6 Å². The summed E-state index contributed by atoms with van der Waals surface area (Å²) in [7, 11) is -4.16. The van der Waals surface area contributed by atoms with Crippen LogP contribution in [-0.2, 0) is 10.1 Å². The number of nitrogens with one attached hydrogen (secondary N) is 1. The molecule has 0 aromatic heterocycles. The Morgan fingerprint density at radius 2 is 1.16 bits per heavy atom. The number of rotatable bonds is 17. The average molecular weight is 448 g/mol. The van der Waals surface area contributed by atoms with Gasteiger partial charge in [0.2, 0.25) is 0 Å². The molecule has 0 unspecified atom stereocenters. The number of unbranched alkanes of at least 4 members (excludes halogenated alkanes) is 13. The number of hydrogen-bond donors (Lipinski definition) is 2. The quantitative estimate of drug-likeness (QED) is 0.190. The first-order valence-electron chi connectivity index (χ1n) is 12.3. The van der Waals surface area contributed by atoms with Crippen molar-refractivity contribution in [2.45, 2.75) is 102 Å². The van der Waals surface area contributed by atoms with E-state index in [4.69, 9.17) is 4.55 Å². The van der Waals surface area contributed by atoms with Gasteiger partial charge in [0.25, 0.3) is 10.1 Å². The van der Waals surface area contributed by atoms with Crippen LogP contribution in [0.25, 0.3) is 10.8 Å². The van der Waals surface area contributed by atoms with Crippen LogP contribution in [0.1, 0.15) is 96.8 Å². The summed E-state index contributed by atoms with van der Waals surface area (Å²) in [6.45, 7) is 3.22. The van der Waals surface area contributed by atoms with E-state index in [1.54, 1.807) is 6.07 Å². The molecule has 2 aromatic rings. The SMILES string of the molecule is CCCCCCCCCCCCCCCCNc1ccc2cc(S(=O)(=O)O)ccc2c1. The molecule has 0 amide bonds. The van der Waals surface area contributed by atoms with Gasteiger partial charge in [0.05, 0.1) is 4.90 Å². The third-order valence-electron chi connectivity index (χ3n) is 5.97. The first-order valence-corrected chi connectivity index (χ1v) is 13.7. The molecule has 0 bridgehead atoms. The van der Waals surface area contributed by atoms with E-state index in [0.29, 0.717) is 0 Å². The summed E-state index contributed by atoms with van der Waals surface area (Å²) < 4.78 is 31.7. The zero-order valence-corrected chi connectivity index (χ0v) is 20.1. The van der Waals surface area contributed by atoms with Gasteiger partial charge in [-0.3, -0.25) is 4.55 Å². The Hall–Kier alpha value is -1.59. The summed E-state index contributed by atoms with van der Waals surface area (Å²) >= 11 is 0. The molecule has 2 N–H and O–H groups in total. The highest BCUT2D eigenvalue weighted by Gasteiger charge is 2.09. The molecular formula is C26H41NO3S. The van der Waals surface area contributed by atoms with Crippen molar-refractivity contribution in [3.63, 3.8) is 0 Å². The summed E-state index contributed by atoms with van der Waals surface area (Å²) in [5.74, 6) is 0. The lowest BCUT2D eigenvalue weighted by molar-refractivity contribution is 0.483. The van der Waals surface area contributed by atoms with Crippen molar-refractivity contribution in [3.8, 4) is 0 Å². The molecule has 5 heteroatoms. The van der Waals surface area contributed by atoms with Crippen LogP contribution in [0.4, 0.5) is 5.69 Å². The van der Waals surface area contributed by atoms with E-state index >= 15 is 0 Å². The lowest BCUT2D eigenvalue weighted by Crippen LogP contribution is -2.01. The maximum Gasteiger partial charge on any atom is 0.294 e. The molecule has 2 aromatic carbocycles. The molecule has 0 heterocycles. The molecule has 0 aliphatic rings. The van der Waals surface area contributed by atoms with Crippen LogP contribution in [0.5, 0.6) is 0 Å². The van der Waals surface area contributed by atoms with E-state index in [0.717, 1.165) is 29.4 Å². The largest absolute Gasteiger partial charge is 0.385 e. The topological polar surface area (TPSA) is 66.4 Å². The van der Waals surface area contributed by atoms with Crippen LogP contribution in [0, 0.1) is 0 Å². The van der Waals surface area contributed by atoms with E-state index in [9.17, 15) is 8.42 Å². The number of benzene rings is 2. The normalized spacial score (nSPS) is 11.8. The van der Waals surface area contributed by atoms with Gasteiger partial charge in [-0.05, 0) is 41.5 Å². The summed E-state index contributed by atoms with van der Waals surface area (Å²) in [5.41, 5.74) is 1.04. The highest BCUT2D eigenvalue weighted by Crippen LogP contribution is 2.23. The third-order valence-corrected chi connectivity index (χ3v) is 6.82. The van der Waals surface area contributed by atoms with Crippen LogP contribution in [0.2, 0.25) is 0 Å². The van der Waals surface area contributed by atoms with Crippen LogP contribution in [0.3, 0.4) is 0 Å². The van der Waals surface area contributed by atoms with Gasteiger partial charge in [-0.25, -0.2) is 0 Å². The third kappa shape index (κ3) is 10.5. The van der Waals surface area contributed by atoms with E-state index in [-0.39, 0.29) is 4.90 Å². The molecule has 0 radical (unpaired) electrons. The fourth-order valence-electron chi connectivity index (χ4n) is 4.05.